The number of benzene rings is 1. The molecule has 0 fully saturated rings. The quantitative estimate of drug-likeness (QED) is 0.760. The van der Waals surface area contributed by atoms with Gasteiger partial charge in [0.25, 0.3) is 0 Å². The van der Waals surface area contributed by atoms with E-state index in [1.807, 2.05) is 12.3 Å². The van der Waals surface area contributed by atoms with Crippen LogP contribution in [0.3, 0.4) is 0 Å². The minimum Gasteiger partial charge on any atom is -0.396 e. The van der Waals surface area contributed by atoms with Crippen molar-refractivity contribution in [3.8, 4) is 0 Å². The molecule has 2 rings (SSSR count). The molecule has 3 N–H and O–H groups in total. The van der Waals surface area contributed by atoms with E-state index >= 15 is 0 Å². The number of fused-ring (bicyclic) bond motifs is 1. The second-order valence-corrected chi connectivity index (χ2v) is 6.18. The number of rotatable bonds is 7. The first kappa shape index (κ1) is 17.3. The van der Waals surface area contributed by atoms with Crippen LogP contribution >= 0.6 is 0 Å². The van der Waals surface area contributed by atoms with Gasteiger partial charge in [-0.1, -0.05) is 33.3 Å². The van der Waals surface area contributed by atoms with Gasteiger partial charge < -0.3 is 10.8 Å². The molecule has 0 aliphatic heterocycles. The summed E-state index contributed by atoms with van der Waals surface area (Å²) in [7, 11) is 0. The fourth-order valence-electron chi connectivity index (χ4n) is 2.61. The topological polar surface area (TPSA) is 84.4 Å². The molecule has 1 atom stereocenters. The molecule has 0 bridgehead atoms. The van der Waals surface area contributed by atoms with Crippen molar-refractivity contribution in [1.29, 1.82) is 0 Å². The van der Waals surface area contributed by atoms with E-state index in [0.29, 0.717) is 18.2 Å². The fourth-order valence-corrected chi connectivity index (χ4v) is 2.61. The monoisotopic (exact) mass is 314 g/mol. The van der Waals surface area contributed by atoms with Crippen LogP contribution in [0.25, 0.3) is 10.9 Å². The Morgan fingerprint density at radius 1 is 1.26 bits per heavy atom. The van der Waals surface area contributed by atoms with Gasteiger partial charge in [0.2, 0.25) is 5.95 Å². The molecule has 5 heteroatoms. The van der Waals surface area contributed by atoms with Crippen molar-refractivity contribution in [2.24, 2.45) is 10.9 Å². The highest BCUT2D eigenvalue weighted by atomic mass is 16.3. The molecule has 0 spiro atoms. The maximum Gasteiger partial charge on any atom is 0.222 e. The number of aliphatic imine (C=N–C) groups is 1. The van der Waals surface area contributed by atoms with E-state index in [2.05, 4.69) is 47.9 Å². The molecule has 0 saturated heterocycles. The van der Waals surface area contributed by atoms with Crippen molar-refractivity contribution in [1.82, 2.24) is 9.97 Å². The number of hydrogen-bond donors (Lipinski definition) is 2. The smallest absolute Gasteiger partial charge is 0.222 e. The highest BCUT2D eigenvalue weighted by Crippen LogP contribution is 2.27. The summed E-state index contributed by atoms with van der Waals surface area (Å²) in [5.74, 6) is 1.52. The second-order valence-electron chi connectivity index (χ2n) is 6.18. The lowest BCUT2D eigenvalue weighted by atomic mass is 10.0. The van der Waals surface area contributed by atoms with Crippen LogP contribution in [-0.4, -0.2) is 27.9 Å². The summed E-state index contributed by atoms with van der Waals surface area (Å²) in [4.78, 5) is 13.2. The lowest BCUT2D eigenvalue weighted by Crippen LogP contribution is -2.04. The van der Waals surface area contributed by atoms with Crippen LogP contribution in [0, 0.1) is 5.92 Å². The molecule has 124 valence electrons. The number of nitrogen functional groups attached to an aromatic ring is 1. The number of hydrogen-bond acceptors (Lipinski definition) is 5. The minimum absolute atomic E-state index is 0.168. The lowest BCUT2D eigenvalue weighted by Gasteiger charge is -2.10. The predicted molar refractivity (Wildman–Crippen MR) is 96.3 cm³/mol. The van der Waals surface area contributed by atoms with Gasteiger partial charge in [0.1, 0.15) is 0 Å². The molecule has 0 aliphatic carbocycles. The van der Waals surface area contributed by atoms with Gasteiger partial charge >= 0.3 is 0 Å². The van der Waals surface area contributed by atoms with E-state index in [9.17, 15) is 0 Å². The molecule has 0 saturated carbocycles. The van der Waals surface area contributed by atoms with Gasteiger partial charge in [-0.05, 0) is 42.4 Å². The Hall–Kier alpha value is -2.01. The van der Waals surface area contributed by atoms with Gasteiger partial charge in [-0.25, -0.2) is 9.98 Å². The molecule has 1 heterocycles. The predicted octanol–water partition coefficient (Wildman–Crippen LogP) is 3.84. The first-order valence-electron chi connectivity index (χ1n) is 8.27. The van der Waals surface area contributed by atoms with E-state index in [1.165, 1.54) is 5.56 Å². The number of nitrogens with two attached hydrogens (primary N) is 1. The van der Waals surface area contributed by atoms with Gasteiger partial charge in [0, 0.05) is 18.2 Å². The van der Waals surface area contributed by atoms with E-state index in [4.69, 9.17) is 10.8 Å². The summed E-state index contributed by atoms with van der Waals surface area (Å²) in [6.45, 7) is 6.60. The zero-order valence-corrected chi connectivity index (χ0v) is 14.2. The Kier molecular flexibility index (Phi) is 6.04. The molecule has 0 aliphatic rings. The summed E-state index contributed by atoms with van der Waals surface area (Å²) in [6.07, 6.45) is 4.66. The van der Waals surface area contributed by atoms with Crippen molar-refractivity contribution in [2.75, 3.05) is 12.3 Å². The van der Waals surface area contributed by atoms with Gasteiger partial charge in [-0.3, -0.25) is 0 Å². The molecular formula is C18H26N4O. The summed E-state index contributed by atoms with van der Waals surface area (Å²) >= 11 is 0. The van der Waals surface area contributed by atoms with Crippen molar-refractivity contribution in [3.05, 3.63) is 23.8 Å². The molecule has 0 unspecified atom stereocenters. The number of aliphatic hydroxyl groups excluding tert-OH is 1. The van der Waals surface area contributed by atoms with Crippen molar-refractivity contribution < 1.29 is 5.11 Å². The van der Waals surface area contributed by atoms with Gasteiger partial charge in [-0.15, -0.1) is 0 Å². The second kappa shape index (κ2) is 8.02. The molecule has 0 amide bonds. The van der Waals surface area contributed by atoms with E-state index in [-0.39, 0.29) is 18.5 Å². The Balaban J connectivity index is 2.43. The van der Waals surface area contributed by atoms with E-state index in [0.717, 1.165) is 23.7 Å². The van der Waals surface area contributed by atoms with Gasteiger partial charge in [0.05, 0.1) is 5.52 Å². The van der Waals surface area contributed by atoms with Crippen molar-refractivity contribution in [2.45, 2.75) is 46.0 Å². The van der Waals surface area contributed by atoms with Crippen molar-refractivity contribution in [3.63, 3.8) is 0 Å². The van der Waals surface area contributed by atoms with Crippen LogP contribution in [0.4, 0.5) is 11.8 Å². The highest BCUT2D eigenvalue weighted by molar-refractivity contribution is 5.90. The molecule has 0 radical (unpaired) electrons. The lowest BCUT2D eigenvalue weighted by molar-refractivity contribution is 0.271. The van der Waals surface area contributed by atoms with E-state index < -0.39 is 0 Å². The molecule has 23 heavy (non-hydrogen) atoms. The normalized spacial score (nSPS) is 13.3. The van der Waals surface area contributed by atoms with Crippen LogP contribution in [-0.2, 0) is 0 Å². The zero-order chi connectivity index (χ0) is 16.8. The Morgan fingerprint density at radius 2 is 2.04 bits per heavy atom. The summed E-state index contributed by atoms with van der Waals surface area (Å²) in [6, 6.07) is 6.13. The highest BCUT2D eigenvalue weighted by Gasteiger charge is 2.09. The number of anilines is 1. The largest absolute Gasteiger partial charge is 0.396 e. The van der Waals surface area contributed by atoms with Crippen molar-refractivity contribution >= 4 is 28.9 Å². The maximum absolute atomic E-state index is 9.17. The summed E-state index contributed by atoms with van der Waals surface area (Å²) in [5, 5.41) is 10.1. The Bertz CT molecular complexity index is 676. The zero-order valence-electron chi connectivity index (χ0n) is 14.2. The van der Waals surface area contributed by atoms with E-state index in [1.54, 1.807) is 0 Å². The number of aliphatic hydroxyl groups is 1. The van der Waals surface area contributed by atoms with Crippen LogP contribution in [0.1, 0.15) is 51.5 Å². The van der Waals surface area contributed by atoms with Crippen LogP contribution < -0.4 is 5.73 Å². The first-order valence-corrected chi connectivity index (χ1v) is 8.27. The third-order valence-electron chi connectivity index (χ3n) is 3.95. The standard InChI is InChI=1S/C18H26N4O/c1-4-5-13(8-9-23)11-20-17-15-10-14(12(2)3)6-7-16(15)21-18(19)22-17/h6-7,10-13,23H,4-5,8-9H2,1-3H3,(H2,19,21,22)/t13-/m0/s1. The molecule has 2 aromatic rings. The van der Waals surface area contributed by atoms with Crippen LogP contribution in [0.5, 0.6) is 0 Å². The summed E-state index contributed by atoms with van der Waals surface area (Å²) < 4.78 is 0. The Labute approximate surface area is 137 Å². The molecule has 5 nitrogen and oxygen atoms in total. The average molecular weight is 314 g/mol. The maximum atomic E-state index is 9.17. The number of aromatic nitrogens is 2. The fraction of sp³-hybridized carbons (Fsp3) is 0.500. The van der Waals surface area contributed by atoms with Gasteiger partial charge in [0.15, 0.2) is 5.82 Å². The van der Waals surface area contributed by atoms with Crippen LogP contribution in [0.2, 0.25) is 0 Å². The SMILES string of the molecule is CCC[C@H](C=Nc1nc(N)nc2ccc(C(C)C)cc12)CCO. The number of nitrogens with zero attached hydrogens (tertiary/aromatic N) is 3. The third-order valence-corrected chi connectivity index (χ3v) is 3.95. The average Bonchev–Trinajstić information content (AvgIpc) is 2.52. The first-order chi connectivity index (χ1) is 11.0. The molecular weight excluding hydrogens is 288 g/mol. The van der Waals surface area contributed by atoms with Gasteiger partial charge in [-0.2, -0.15) is 4.98 Å². The summed E-state index contributed by atoms with van der Waals surface area (Å²) in [5.41, 5.74) is 7.84. The Morgan fingerprint density at radius 3 is 2.70 bits per heavy atom. The third kappa shape index (κ3) is 4.48. The molecule has 1 aromatic carbocycles. The van der Waals surface area contributed by atoms with Crippen LogP contribution in [0.15, 0.2) is 23.2 Å². The minimum atomic E-state index is 0.168. The molecule has 1 aromatic heterocycles.